The van der Waals surface area contributed by atoms with Crippen LogP contribution in [-0.2, 0) is 16.3 Å². The van der Waals surface area contributed by atoms with Crippen LogP contribution in [0, 0.1) is 5.82 Å². The van der Waals surface area contributed by atoms with E-state index in [2.05, 4.69) is 23.8 Å². The number of hydrogen-bond donors (Lipinski definition) is 0. The Labute approximate surface area is 203 Å². The number of hydrogen-bond acceptors (Lipinski definition) is 8. The lowest BCUT2D eigenvalue weighted by molar-refractivity contribution is 0.114. The van der Waals surface area contributed by atoms with Gasteiger partial charge in [-0.25, -0.2) is 22.8 Å². The first-order valence-electron chi connectivity index (χ1n) is 11.4. The zero-order valence-electron chi connectivity index (χ0n) is 19.5. The molecule has 0 radical (unpaired) electrons. The van der Waals surface area contributed by atoms with Gasteiger partial charge in [0.25, 0.3) is 5.24 Å². The Balaban J connectivity index is 1.44. The van der Waals surface area contributed by atoms with E-state index < -0.39 is 15.7 Å². The van der Waals surface area contributed by atoms with Crippen LogP contribution >= 0.6 is 11.8 Å². The summed E-state index contributed by atoms with van der Waals surface area (Å²) in [5.74, 6) is 0.428. The van der Waals surface area contributed by atoms with Crippen LogP contribution in [0.5, 0.6) is 5.88 Å². The number of carbonyl (C=O) groups is 1. The van der Waals surface area contributed by atoms with E-state index in [9.17, 15) is 17.6 Å². The van der Waals surface area contributed by atoms with Gasteiger partial charge in [-0.3, -0.25) is 4.79 Å². The maximum Gasteiger partial charge on any atom is 0.281 e. The van der Waals surface area contributed by atoms with Crippen molar-refractivity contribution in [3.05, 3.63) is 35.9 Å². The smallest absolute Gasteiger partial charge is 0.281 e. The van der Waals surface area contributed by atoms with Crippen LogP contribution in [0.15, 0.2) is 29.4 Å². The number of piperidine rings is 1. The molecule has 1 aromatic carbocycles. The summed E-state index contributed by atoms with van der Waals surface area (Å²) in [7, 11) is -3.50. The van der Waals surface area contributed by atoms with Crippen molar-refractivity contribution in [3.8, 4) is 5.88 Å². The first-order valence-corrected chi connectivity index (χ1v) is 14.2. The van der Waals surface area contributed by atoms with Crippen LogP contribution in [0.3, 0.4) is 0 Å². The van der Waals surface area contributed by atoms with Gasteiger partial charge in [-0.2, -0.15) is 0 Å². The largest absolute Gasteiger partial charge is 0.474 e. The number of fused-ring (bicyclic) bond motifs is 1. The van der Waals surface area contributed by atoms with Gasteiger partial charge in [0.15, 0.2) is 9.84 Å². The van der Waals surface area contributed by atoms with Crippen molar-refractivity contribution in [3.63, 3.8) is 0 Å². The summed E-state index contributed by atoms with van der Waals surface area (Å²) in [6.45, 7) is 5.91. The fraction of sp³-hybridized carbons (Fsp3) is 0.522. The summed E-state index contributed by atoms with van der Waals surface area (Å²) in [5.41, 5.74) is 1.07. The van der Waals surface area contributed by atoms with Gasteiger partial charge in [-0.1, -0.05) is 25.6 Å². The Morgan fingerprint density at radius 1 is 1.26 bits per heavy atom. The van der Waals surface area contributed by atoms with Crippen LogP contribution < -0.4 is 9.64 Å². The monoisotopic (exact) mass is 508 g/mol. The highest BCUT2D eigenvalue weighted by Crippen LogP contribution is 2.38. The van der Waals surface area contributed by atoms with E-state index >= 15 is 0 Å². The Bertz CT molecular complexity index is 1170. The summed E-state index contributed by atoms with van der Waals surface area (Å²) in [6.07, 6.45) is 5.37. The molecule has 0 saturated carbocycles. The summed E-state index contributed by atoms with van der Waals surface area (Å²) in [6, 6.07) is 3.91. The van der Waals surface area contributed by atoms with Gasteiger partial charge < -0.3 is 14.5 Å². The molecule has 2 aromatic rings. The molecule has 0 bridgehead atoms. The predicted octanol–water partition coefficient (Wildman–Crippen LogP) is 4.21. The van der Waals surface area contributed by atoms with Gasteiger partial charge >= 0.3 is 0 Å². The number of ether oxygens (including phenoxy) is 1. The van der Waals surface area contributed by atoms with E-state index in [-0.39, 0.29) is 21.9 Å². The lowest BCUT2D eigenvalue weighted by Gasteiger charge is -2.32. The number of amides is 1. The van der Waals surface area contributed by atoms with E-state index in [1.807, 2.05) is 4.90 Å². The molecule has 1 aromatic heterocycles. The predicted molar refractivity (Wildman–Crippen MR) is 130 cm³/mol. The average molecular weight is 509 g/mol. The number of halogens is 1. The number of thioether (sulfide) groups is 1. The number of sulfone groups is 1. The Morgan fingerprint density at radius 2 is 2.00 bits per heavy atom. The molecule has 1 amide bonds. The number of carbonyl (C=O) groups excluding carboxylic acids is 1. The second-order valence-electron chi connectivity index (χ2n) is 8.67. The van der Waals surface area contributed by atoms with Gasteiger partial charge in [0, 0.05) is 44.0 Å². The van der Waals surface area contributed by atoms with E-state index in [4.69, 9.17) is 4.74 Å². The molecule has 1 unspecified atom stereocenters. The Morgan fingerprint density at radius 3 is 2.65 bits per heavy atom. The number of aromatic nitrogens is 2. The van der Waals surface area contributed by atoms with Crippen molar-refractivity contribution in [1.29, 1.82) is 0 Å². The van der Waals surface area contributed by atoms with Crippen LogP contribution in [0.2, 0.25) is 0 Å². The zero-order valence-corrected chi connectivity index (χ0v) is 21.2. The van der Waals surface area contributed by atoms with Gasteiger partial charge in [0.2, 0.25) is 5.88 Å². The molecular weight excluding hydrogens is 479 g/mol. The molecule has 3 heterocycles. The van der Waals surface area contributed by atoms with Crippen molar-refractivity contribution in [2.24, 2.45) is 0 Å². The Kier molecular flexibility index (Phi) is 7.32. The minimum atomic E-state index is -3.50. The SMILES string of the molecule is CCC(C)SC(=O)N1CCC(Oc2ncnc3c2CCN3c2ccc(S(C)(=O)=O)cc2F)CC1. The number of nitrogens with zero attached hydrogens (tertiary/aromatic N) is 4. The van der Waals surface area contributed by atoms with Crippen LogP contribution in [-0.4, -0.2) is 65.8 Å². The summed E-state index contributed by atoms with van der Waals surface area (Å²) in [4.78, 5) is 24.6. The molecule has 0 aliphatic carbocycles. The number of anilines is 2. The highest BCUT2D eigenvalue weighted by atomic mass is 32.2. The first kappa shape index (κ1) is 24.7. The molecule has 2 aliphatic rings. The summed E-state index contributed by atoms with van der Waals surface area (Å²) < 4.78 is 44.5. The molecule has 1 saturated heterocycles. The normalized spacial score (nSPS) is 17.5. The molecule has 4 rings (SSSR count). The minimum Gasteiger partial charge on any atom is -0.474 e. The van der Waals surface area contributed by atoms with Crippen LogP contribution in [0.25, 0.3) is 0 Å². The fourth-order valence-corrected chi connectivity index (χ4v) is 5.56. The van der Waals surface area contributed by atoms with Crippen molar-refractivity contribution < 1.29 is 22.3 Å². The molecule has 8 nitrogen and oxygen atoms in total. The molecule has 11 heteroatoms. The molecule has 184 valence electrons. The van der Waals surface area contributed by atoms with Gasteiger partial charge in [0.05, 0.1) is 16.1 Å². The van der Waals surface area contributed by atoms with E-state index in [0.29, 0.717) is 43.0 Å². The first-order chi connectivity index (χ1) is 16.2. The average Bonchev–Trinajstić information content (AvgIpc) is 3.23. The van der Waals surface area contributed by atoms with Gasteiger partial charge in [0.1, 0.15) is 24.1 Å². The lowest BCUT2D eigenvalue weighted by atomic mass is 10.1. The molecular formula is C23H29FN4O4S2. The maximum atomic E-state index is 14.8. The number of likely N-dealkylation sites (tertiary alicyclic amines) is 1. The van der Waals surface area contributed by atoms with Gasteiger partial charge in [-0.15, -0.1) is 0 Å². The summed E-state index contributed by atoms with van der Waals surface area (Å²) in [5, 5.41) is 0.427. The van der Waals surface area contributed by atoms with E-state index in [0.717, 1.165) is 37.1 Å². The third-order valence-electron chi connectivity index (χ3n) is 6.22. The van der Waals surface area contributed by atoms with Gasteiger partial charge in [-0.05, 0) is 31.0 Å². The highest BCUT2D eigenvalue weighted by Gasteiger charge is 2.31. The quantitative estimate of drug-likeness (QED) is 0.573. The molecule has 0 spiro atoms. The van der Waals surface area contributed by atoms with Crippen molar-refractivity contribution in [2.75, 3.05) is 30.8 Å². The third-order valence-corrected chi connectivity index (χ3v) is 8.52. The number of rotatable bonds is 6. The number of benzene rings is 1. The second kappa shape index (κ2) is 10.1. The van der Waals surface area contributed by atoms with Crippen LogP contribution in [0.1, 0.15) is 38.7 Å². The van der Waals surface area contributed by atoms with Crippen molar-refractivity contribution in [2.45, 2.75) is 55.8 Å². The third kappa shape index (κ3) is 5.30. The molecule has 34 heavy (non-hydrogen) atoms. The highest BCUT2D eigenvalue weighted by molar-refractivity contribution is 8.14. The molecule has 1 fully saturated rings. The van der Waals surface area contributed by atoms with Crippen molar-refractivity contribution in [1.82, 2.24) is 14.9 Å². The topological polar surface area (TPSA) is 92.7 Å². The minimum absolute atomic E-state index is 0.0588. The van der Waals surface area contributed by atoms with E-state index in [1.165, 1.54) is 30.2 Å². The lowest BCUT2D eigenvalue weighted by Crippen LogP contribution is -2.40. The van der Waals surface area contributed by atoms with E-state index in [1.54, 1.807) is 4.90 Å². The van der Waals surface area contributed by atoms with Crippen LogP contribution in [0.4, 0.5) is 20.7 Å². The zero-order chi connectivity index (χ0) is 24.5. The summed E-state index contributed by atoms with van der Waals surface area (Å²) >= 11 is 1.39. The maximum absolute atomic E-state index is 14.8. The molecule has 0 N–H and O–H groups in total. The second-order valence-corrected chi connectivity index (χ2v) is 12.1. The molecule has 2 aliphatic heterocycles. The van der Waals surface area contributed by atoms with Crippen molar-refractivity contribution >= 4 is 38.3 Å². The standard InChI is InChI=1S/C23H29FN4O4S2/c1-4-15(2)33-23(29)27-10-7-16(8-11-27)32-22-18-9-12-28(21(18)25-14-26-22)20-6-5-17(13-19(20)24)34(3,30)31/h5-6,13-16H,4,7-12H2,1-3H3. The fourth-order valence-electron chi connectivity index (χ4n) is 4.09. The molecule has 1 atom stereocenters. The Hall–Kier alpha value is -2.40.